The summed E-state index contributed by atoms with van der Waals surface area (Å²) < 4.78 is 4.74. The number of nitriles is 1. The normalized spacial score (nSPS) is 10.3. The van der Waals surface area contributed by atoms with E-state index in [1.807, 2.05) is 11.4 Å². The number of hydrogen-bond acceptors (Lipinski definition) is 11. The predicted octanol–water partition coefficient (Wildman–Crippen LogP) is 8.30. The number of nitrogens with two attached hydrogens (primary N) is 1. The lowest BCUT2D eigenvalue weighted by Gasteiger charge is -2.10. The van der Waals surface area contributed by atoms with Crippen LogP contribution in [0.25, 0.3) is 44.1 Å². The topological polar surface area (TPSA) is 213 Å². The first-order chi connectivity index (χ1) is 25.4. The number of ether oxygens (including phenoxy) is 1. The molecule has 0 amide bonds. The van der Waals surface area contributed by atoms with Crippen LogP contribution in [0.5, 0.6) is 0 Å². The van der Waals surface area contributed by atoms with Crippen LogP contribution in [0.15, 0.2) is 115 Å². The summed E-state index contributed by atoms with van der Waals surface area (Å²) in [4.78, 5) is 50.1. The van der Waals surface area contributed by atoms with Crippen molar-refractivity contribution in [3.8, 4) is 50.2 Å². The monoisotopic (exact) mass is 743 g/mol. The second-order valence-corrected chi connectivity index (χ2v) is 12.3. The van der Waals surface area contributed by atoms with Gasteiger partial charge >= 0.3 is 11.9 Å². The molecule has 0 atom stereocenters. The number of rotatable bonds is 9. The summed E-state index contributed by atoms with van der Waals surface area (Å²) in [6.45, 7) is 0. The zero-order valence-corrected chi connectivity index (χ0v) is 29.1. The number of nitro groups is 2. The zero-order valence-electron chi connectivity index (χ0n) is 27.5. The van der Waals surface area contributed by atoms with Crippen molar-refractivity contribution < 1.29 is 29.3 Å². The average Bonchev–Trinajstić information content (AvgIpc) is 3.68. The first-order valence-electron chi connectivity index (χ1n) is 15.3. The number of benzene rings is 5. The average molecular weight is 744 g/mol. The van der Waals surface area contributed by atoms with Crippen LogP contribution in [-0.4, -0.2) is 44.0 Å². The maximum Gasteiger partial charge on any atom is 0.338 e. The molecule has 0 spiro atoms. The molecular weight excluding hydrogens is 719 g/mol. The van der Waals surface area contributed by atoms with Crippen LogP contribution in [0, 0.1) is 31.6 Å². The van der Waals surface area contributed by atoms with Gasteiger partial charge in [0.25, 0.3) is 11.4 Å². The fraction of sp³-hybridized carbons (Fsp3) is 0.0263. The van der Waals surface area contributed by atoms with Crippen LogP contribution in [0.1, 0.15) is 31.8 Å². The summed E-state index contributed by atoms with van der Waals surface area (Å²) in [6.07, 6.45) is 0. The van der Waals surface area contributed by atoms with Crippen LogP contribution in [0.4, 0.5) is 11.4 Å². The molecule has 0 unspecified atom stereocenters. The molecule has 0 radical (unpaired) electrons. The molecule has 53 heavy (non-hydrogen) atoms. The van der Waals surface area contributed by atoms with Crippen molar-refractivity contribution in [3.63, 3.8) is 0 Å². The van der Waals surface area contributed by atoms with Gasteiger partial charge in [0.05, 0.1) is 56.5 Å². The molecule has 15 heteroatoms. The Labute approximate surface area is 310 Å². The van der Waals surface area contributed by atoms with Crippen LogP contribution >= 0.6 is 23.6 Å². The van der Waals surface area contributed by atoms with Crippen molar-refractivity contribution in [2.75, 3.05) is 7.11 Å². The number of nitro benzene ring substituents is 2. The number of carboxylic acid groups (broad SMARTS) is 1. The molecule has 0 aliphatic carbocycles. The van der Waals surface area contributed by atoms with E-state index in [1.54, 1.807) is 66.7 Å². The Balaban J connectivity index is 0.000000217. The Kier molecular flexibility index (Phi) is 11.4. The number of esters is 1. The highest BCUT2D eigenvalue weighted by Gasteiger charge is 2.23. The number of carboxylic acids is 1. The second kappa shape index (κ2) is 16.2. The highest BCUT2D eigenvalue weighted by atomic mass is 32.1. The molecule has 0 saturated heterocycles. The number of thiocarbonyl (C=S) groups is 1. The van der Waals surface area contributed by atoms with Gasteiger partial charge in [-0.05, 0) is 36.4 Å². The Morgan fingerprint density at radius 1 is 0.811 bits per heavy atom. The van der Waals surface area contributed by atoms with Gasteiger partial charge < -0.3 is 15.6 Å². The number of aromatic carboxylic acids is 1. The van der Waals surface area contributed by atoms with Gasteiger partial charge in [-0.25, -0.2) is 14.6 Å². The molecule has 13 nitrogen and oxygen atoms in total. The van der Waals surface area contributed by atoms with Crippen molar-refractivity contribution in [2.24, 2.45) is 5.73 Å². The number of carbonyl (C=O) groups excluding carboxylic acids is 1. The van der Waals surface area contributed by atoms with Crippen LogP contribution < -0.4 is 5.73 Å². The Hall–Kier alpha value is -7.15. The fourth-order valence-electron chi connectivity index (χ4n) is 5.31. The van der Waals surface area contributed by atoms with E-state index in [0.717, 1.165) is 5.56 Å². The van der Waals surface area contributed by atoms with Crippen LogP contribution in [0.3, 0.4) is 0 Å². The summed E-state index contributed by atoms with van der Waals surface area (Å²) in [7, 11) is 1.24. The van der Waals surface area contributed by atoms with Gasteiger partial charge in [0.15, 0.2) is 0 Å². The second-order valence-electron chi connectivity index (χ2n) is 11.0. The Morgan fingerprint density at radius 3 is 1.98 bits per heavy atom. The number of carbonyl (C=O) groups is 2. The summed E-state index contributed by atoms with van der Waals surface area (Å²) in [5, 5.41) is 43.8. The smallest absolute Gasteiger partial charge is 0.338 e. The Bertz CT molecular complexity index is 2470. The number of thiazole rings is 1. The summed E-state index contributed by atoms with van der Waals surface area (Å²) in [5.74, 6) is -1.81. The first-order valence-corrected chi connectivity index (χ1v) is 16.6. The van der Waals surface area contributed by atoms with Crippen LogP contribution in [0.2, 0.25) is 0 Å². The van der Waals surface area contributed by atoms with Gasteiger partial charge in [0, 0.05) is 45.3 Å². The number of hydrogen-bond donors (Lipinski definition) is 2. The quantitative estimate of drug-likeness (QED) is 0.0619. The van der Waals surface area contributed by atoms with E-state index < -0.39 is 21.8 Å². The molecule has 0 aliphatic heterocycles. The lowest BCUT2D eigenvalue weighted by Crippen LogP contribution is -2.12. The molecule has 3 N–H and O–H groups in total. The first kappa shape index (κ1) is 37.1. The van der Waals surface area contributed by atoms with E-state index in [9.17, 15) is 34.9 Å². The van der Waals surface area contributed by atoms with Gasteiger partial charge in [-0.2, -0.15) is 5.26 Å². The molecule has 1 aromatic heterocycles. The lowest BCUT2D eigenvalue weighted by atomic mass is 9.96. The largest absolute Gasteiger partial charge is 0.478 e. The molecule has 6 rings (SSSR count). The van der Waals surface area contributed by atoms with Gasteiger partial charge in [-0.1, -0.05) is 72.9 Å². The predicted molar refractivity (Wildman–Crippen MR) is 203 cm³/mol. The van der Waals surface area contributed by atoms with Crippen molar-refractivity contribution >= 4 is 51.9 Å². The molecule has 262 valence electrons. The molecule has 6 aromatic rings. The van der Waals surface area contributed by atoms with E-state index in [1.165, 1.54) is 54.8 Å². The number of para-hydroxylation sites is 2. The number of aromatic nitrogens is 1. The SMILES string of the molecule is COC(=O)c1cc(C(N)=S)ccc1-c1ccccc1[N+](=O)[O-].N#Cc1cccc(-c2csc(-c3ccc(-c4ccccc4[N+](=O)[O-])c(C(=O)O)c3)n2)c1. The fourth-order valence-corrected chi connectivity index (χ4v) is 6.26. The zero-order chi connectivity index (χ0) is 38.2. The summed E-state index contributed by atoms with van der Waals surface area (Å²) >= 11 is 6.24. The molecule has 0 saturated carbocycles. The molecule has 0 bridgehead atoms. The van der Waals surface area contributed by atoms with Gasteiger partial charge in [0.2, 0.25) is 0 Å². The standard InChI is InChI=1S/C23H13N3O4S.C15H12N2O4S/c24-12-14-4-3-5-15(10-14)20-13-31-22(25-20)16-8-9-17(19(11-16)23(27)28)18-6-1-2-7-21(18)26(29)30;1-21-15(18)12-8-9(14(16)22)6-7-10(12)11-4-2-3-5-13(11)17(19)20/h1-11,13H,(H,27,28);2-8H,1H3,(H2,16,22). The highest BCUT2D eigenvalue weighted by molar-refractivity contribution is 7.80. The summed E-state index contributed by atoms with van der Waals surface area (Å²) in [5.41, 5.74) is 9.70. The van der Waals surface area contributed by atoms with Gasteiger partial charge in [-0.15, -0.1) is 11.3 Å². The molecular formula is C38H25N5O8S2. The Morgan fingerprint density at radius 2 is 1.42 bits per heavy atom. The van der Waals surface area contributed by atoms with Crippen molar-refractivity contribution in [2.45, 2.75) is 0 Å². The van der Waals surface area contributed by atoms with Crippen molar-refractivity contribution in [1.29, 1.82) is 5.26 Å². The maximum atomic E-state index is 12.0. The third-order valence-electron chi connectivity index (χ3n) is 7.78. The highest BCUT2D eigenvalue weighted by Crippen LogP contribution is 2.37. The van der Waals surface area contributed by atoms with Crippen molar-refractivity contribution in [1.82, 2.24) is 4.98 Å². The minimum atomic E-state index is -1.19. The van der Waals surface area contributed by atoms with E-state index in [0.29, 0.717) is 38.5 Å². The lowest BCUT2D eigenvalue weighted by molar-refractivity contribution is -0.384. The van der Waals surface area contributed by atoms with Crippen LogP contribution in [-0.2, 0) is 4.74 Å². The minimum Gasteiger partial charge on any atom is -0.478 e. The third-order valence-corrected chi connectivity index (χ3v) is 8.91. The molecule has 5 aromatic carbocycles. The van der Waals surface area contributed by atoms with E-state index in [2.05, 4.69) is 11.1 Å². The third kappa shape index (κ3) is 8.26. The number of methoxy groups -OCH3 is 1. The minimum absolute atomic E-state index is 0.0463. The van der Waals surface area contributed by atoms with Gasteiger partial charge in [0.1, 0.15) is 10.00 Å². The maximum absolute atomic E-state index is 12.0. The summed E-state index contributed by atoms with van der Waals surface area (Å²) in [6, 6.07) is 30.8. The van der Waals surface area contributed by atoms with E-state index in [4.69, 9.17) is 28.0 Å². The molecule has 1 heterocycles. The van der Waals surface area contributed by atoms with Crippen molar-refractivity contribution in [3.05, 3.63) is 157 Å². The van der Waals surface area contributed by atoms with Gasteiger partial charge in [-0.3, -0.25) is 20.2 Å². The van der Waals surface area contributed by atoms with E-state index >= 15 is 0 Å². The molecule has 0 fully saturated rings. The van der Waals surface area contributed by atoms with E-state index in [-0.39, 0.29) is 38.6 Å². The number of nitrogens with zero attached hydrogens (tertiary/aromatic N) is 4. The molecule has 0 aliphatic rings.